The molecule has 1 atom stereocenters. The number of morpholine rings is 1. The molecule has 2 rings (SSSR count). The van der Waals surface area contributed by atoms with Gasteiger partial charge < -0.3 is 20.3 Å². The zero-order valence-electron chi connectivity index (χ0n) is 14.9. The zero-order valence-corrected chi connectivity index (χ0v) is 15.7. The Hall–Kier alpha value is -1.84. The third-order valence-corrected chi connectivity index (χ3v) is 3.91. The summed E-state index contributed by atoms with van der Waals surface area (Å²) in [5.41, 5.74) is -0.472. The summed E-state index contributed by atoms with van der Waals surface area (Å²) >= 11 is 0. The van der Waals surface area contributed by atoms with Crippen molar-refractivity contribution in [2.45, 2.75) is 25.8 Å². The van der Waals surface area contributed by atoms with E-state index in [4.69, 9.17) is 4.74 Å². The van der Waals surface area contributed by atoms with Gasteiger partial charge in [-0.05, 0) is 18.6 Å². The van der Waals surface area contributed by atoms with Crippen LogP contribution in [-0.2, 0) is 14.3 Å². The van der Waals surface area contributed by atoms with Gasteiger partial charge in [0.25, 0.3) is 0 Å². The van der Waals surface area contributed by atoms with Crippen molar-refractivity contribution >= 4 is 29.9 Å². The highest BCUT2D eigenvalue weighted by Gasteiger charge is 2.23. The van der Waals surface area contributed by atoms with E-state index < -0.39 is 29.0 Å². The average molecular weight is 410 g/mol. The van der Waals surface area contributed by atoms with Crippen molar-refractivity contribution in [1.82, 2.24) is 10.2 Å². The van der Waals surface area contributed by atoms with Crippen LogP contribution in [0.5, 0.6) is 0 Å². The van der Waals surface area contributed by atoms with Gasteiger partial charge >= 0.3 is 0 Å². The molecule has 2 amide bonds. The Labute approximate surface area is 161 Å². The van der Waals surface area contributed by atoms with E-state index >= 15 is 0 Å². The molecule has 1 aliphatic rings. The third-order valence-electron chi connectivity index (χ3n) is 3.91. The fourth-order valence-electron chi connectivity index (χ4n) is 2.64. The van der Waals surface area contributed by atoms with E-state index in [0.717, 1.165) is 12.1 Å². The second-order valence-corrected chi connectivity index (χ2v) is 6.02. The fourth-order valence-corrected chi connectivity index (χ4v) is 2.64. The molecule has 0 aliphatic carbocycles. The van der Waals surface area contributed by atoms with Crippen molar-refractivity contribution in [3.8, 4) is 0 Å². The van der Waals surface area contributed by atoms with Gasteiger partial charge in [-0.2, -0.15) is 0 Å². The number of amides is 2. The molecular formula is C17H23ClF3N3O3. The lowest BCUT2D eigenvalue weighted by Crippen LogP contribution is -2.46. The Morgan fingerprint density at radius 1 is 1.30 bits per heavy atom. The van der Waals surface area contributed by atoms with E-state index in [1.54, 1.807) is 0 Å². The highest BCUT2D eigenvalue weighted by atomic mass is 35.5. The average Bonchev–Trinajstić information content (AvgIpc) is 2.62. The molecule has 1 fully saturated rings. The van der Waals surface area contributed by atoms with Crippen LogP contribution < -0.4 is 10.6 Å². The first-order valence-corrected chi connectivity index (χ1v) is 8.44. The highest BCUT2D eigenvalue weighted by Crippen LogP contribution is 2.19. The summed E-state index contributed by atoms with van der Waals surface area (Å²) in [4.78, 5) is 25.9. The summed E-state index contributed by atoms with van der Waals surface area (Å²) in [7, 11) is 0. The molecule has 1 aliphatic heterocycles. The normalized spacial score (nSPS) is 16.4. The van der Waals surface area contributed by atoms with Crippen molar-refractivity contribution in [1.29, 1.82) is 0 Å². The lowest BCUT2D eigenvalue weighted by Gasteiger charge is -2.27. The number of nitrogens with one attached hydrogen (secondary N) is 2. The summed E-state index contributed by atoms with van der Waals surface area (Å²) in [5.74, 6) is -5.41. The van der Waals surface area contributed by atoms with Crippen molar-refractivity contribution in [3.05, 3.63) is 29.6 Å². The fraction of sp³-hybridized carbons (Fsp3) is 0.529. The molecular weight excluding hydrogens is 387 g/mol. The van der Waals surface area contributed by atoms with Gasteiger partial charge in [0.15, 0.2) is 17.5 Å². The predicted octanol–water partition coefficient (Wildman–Crippen LogP) is 2.08. The van der Waals surface area contributed by atoms with Crippen LogP contribution in [0.4, 0.5) is 18.9 Å². The Balaban J connectivity index is 0.00000364. The van der Waals surface area contributed by atoms with Crippen LogP contribution in [0.3, 0.4) is 0 Å². The third kappa shape index (κ3) is 6.67. The van der Waals surface area contributed by atoms with Crippen LogP contribution in [0.15, 0.2) is 12.1 Å². The van der Waals surface area contributed by atoms with Gasteiger partial charge in [0, 0.05) is 25.6 Å². The van der Waals surface area contributed by atoms with Crippen LogP contribution in [-0.4, -0.2) is 55.6 Å². The minimum absolute atomic E-state index is 0. The number of carbonyl (C=O) groups is 2. The second-order valence-electron chi connectivity index (χ2n) is 6.02. The molecule has 0 bridgehead atoms. The van der Waals surface area contributed by atoms with E-state index in [1.807, 2.05) is 6.92 Å². The van der Waals surface area contributed by atoms with Gasteiger partial charge in [0.1, 0.15) is 0 Å². The predicted molar refractivity (Wildman–Crippen MR) is 96.3 cm³/mol. The van der Waals surface area contributed by atoms with Gasteiger partial charge in [-0.25, -0.2) is 13.2 Å². The van der Waals surface area contributed by atoms with Crippen LogP contribution in [0.2, 0.25) is 0 Å². The Morgan fingerprint density at radius 2 is 2.04 bits per heavy atom. The molecule has 1 aromatic carbocycles. The summed E-state index contributed by atoms with van der Waals surface area (Å²) in [6.45, 7) is 3.55. The molecule has 1 aromatic rings. The van der Waals surface area contributed by atoms with Crippen molar-refractivity contribution < 1.29 is 27.5 Å². The van der Waals surface area contributed by atoms with Crippen LogP contribution in [0.25, 0.3) is 0 Å². The molecule has 27 heavy (non-hydrogen) atoms. The van der Waals surface area contributed by atoms with Gasteiger partial charge in [-0.1, -0.05) is 6.92 Å². The van der Waals surface area contributed by atoms with E-state index in [1.165, 1.54) is 4.90 Å². The molecule has 1 saturated heterocycles. The van der Waals surface area contributed by atoms with Crippen LogP contribution in [0, 0.1) is 17.5 Å². The van der Waals surface area contributed by atoms with Crippen LogP contribution >= 0.6 is 12.4 Å². The summed E-state index contributed by atoms with van der Waals surface area (Å²) in [5, 5.41) is 5.33. The lowest BCUT2D eigenvalue weighted by atomic mass is 10.1. The van der Waals surface area contributed by atoms with Gasteiger partial charge in [0.05, 0.1) is 25.4 Å². The number of halogens is 4. The summed E-state index contributed by atoms with van der Waals surface area (Å²) in [6.07, 6.45) is 0.806. The number of nitrogens with zero attached hydrogens (tertiary/aromatic N) is 1. The molecule has 0 saturated carbocycles. The molecule has 0 radical (unpaired) electrons. The summed E-state index contributed by atoms with van der Waals surface area (Å²) < 4.78 is 45.1. The van der Waals surface area contributed by atoms with Crippen molar-refractivity contribution in [2.24, 2.45) is 0 Å². The first kappa shape index (κ1) is 23.2. The molecule has 0 spiro atoms. The first-order valence-electron chi connectivity index (χ1n) is 8.44. The molecule has 1 heterocycles. The number of anilines is 1. The van der Waals surface area contributed by atoms with E-state index in [2.05, 4.69) is 10.6 Å². The number of carbonyl (C=O) groups excluding carboxylic acids is 2. The Morgan fingerprint density at radius 3 is 2.67 bits per heavy atom. The van der Waals surface area contributed by atoms with Crippen LogP contribution in [0.1, 0.15) is 19.8 Å². The van der Waals surface area contributed by atoms with Crippen molar-refractivity contribution in [2.75, 3.05) is 38.2 Å². The Kier molecular flexibility index (Phi) is 9.54. The first-order chi connectivity index (χ1) is 12.4. The minimum Gasteiger partial charge on any atom is -0.378 e. The van der Waals surface area contributed by atoms with Gasteiger partial charge in [0.2, 0.25) is 11.8 Å². The smallest absolute Gasteiger partial charge is 0.244 e. The summed E-state index contributed by atoms with van der Waals surface area (Å²) in [6, 6.07) is 1.53. The molecule has 10 heteroatoms. The maximum Gasteiger partial charge on any atom is 0.244 e. The number of benzene rings is 1. The topological polar surface area (TPSA) is 70.7 Å². The second kappa shape index (κ2) is 11.1. The Bertz CT molecular complexity index is 658. The molecule has 152 valence electrons. The zero-order chi connectivity index (χ0) is 19.1. The quantitative estimate of drug-likeness (QED) is 0.676. The van der Waals surface area contributed by atoms with Crippen molar-refractivity contribution in [3.63, 3.8) is 0 Å². The molecule has 6 nitrogen and oxygen atoms in total. The molecule has 0 aromatic heterocycles. The maximum absolute atomic E-state index is 13.6. The monoisotopic (exact) mass is 409 g/mol. The highest BCUT2D eigenvalue weighted by molar-refractivity contribution is 5.94. The molecule has 1 unspecified atom stereocenters. The standard InChI is InChI=1S/C17H22F3N3O3.ClH/c1-2-6-23(15(25)8-11-10-26-7-5-21-11)9-14(24)22-13-4-3-12(18)16(19)17(13)20;/h3-4,11,21H,2,5-10H2,1H3,(H,22,24);1H. The van der Waals surface area contributed by atoms with E-state index in [0.29, 0.717) is 32.7 Å². The van der Waals surface area contributed by atoms with E-state index in [-0.39, 0.29) is 37.3 Å². The minimum atomic E-state index is -1.66. The number of hydrogen-bond acceptors (Lipinski definition) is 4. The van der Waals surface area contributed by atoms with E-state index in [9.17, 15) is 22.8 Å². The number of ether oxygens (including phenoxy) is 1. The van der Waals surface area contributed by atoms with Gasteiger partial charge in [-0.15, -0.1) is 12.4 Å². The largest absolute Gasteiger partial charge is 0.378 e. The number of rotatable bonds is 7. The SMILES string of the molecule is CCCN(CC(=O)Nc1ccc(F)c(F)c1F)C(=O)CC1COCCN1.Cl. The maximum atomic E-state index is 13.6. The lowest BCUT2D eigenvalue weighted by molar-refractivity contribution is -0.135. The number of hydrogen-bond donors (Lipinski definition) is 2. The van der Waals surface area contributed by atoms with Gasteiger partial charge in [-0.3, -0.25) is 9.59 Å². The molecule has 2 N–H and O–H groups in total.